The first kappa shape index (κ1) is 27.9. The van der Waals surface area contributed by atoms with E-state index < -0.39 is 6.17 Å². The predicted octanol–water partition coefficient (Wildman–Crippen LogP) is 4.02. The molecule has 0 aliphatic heterocycles. The lowest BCUT2D eigenvalue weighted by Gasteiger charge is -2.21. The van der Waals surface area contributed by atoms with Crippen LogP contribution in [0.3, 0.4) is 0 Å². The number of benzene rings is 2. The van der Waals surface area contributed by atoms with Crippen molar-refractivity contribution in [2.24, 2.45) is 11.5 Å². The van der Waals surface area contributed by atoms with Crippen molar-refractivity contribution in [3.63, 3.8) is 0 Å². The number of aromatic hydroxyl groups is 1. The van der Waals surface area contributed by atoms with Gasteiger partial charge in [0.15, 0.2) is 0 Å². The maximum absolute atomic E-state index is 10.4. The van der Waals surface area contributed by atoms with Gasteiger partial charge in [-0.05, 0) is 61.2 Å². The lowest BCUT2D eigenvalue weighted by Crippen LogP contribution is -2.22. The van der Waals surface area contributed by atoms with Crippen LogP contribution in [-0.2, 0) is 11.4 Å². The smallest absolute Gasteiger partial charge is 0.126 e. The summed E-state index contributed by atoms with van der Waals surface area (Å²) in [7, 11) is 1.61. The van der Waals surface area contributed by atoms with Gasteiger partial charge in [-0.25, -0.2) is 0 Å². The van der Waals surface area contributed by atoms with Crippen LogP contribution in [0.2, 0.25) is 0 Å². The fraction of sp³-hybridized carbons (Fsp3) is 0.538. The van der Waals surface area contributed by atoms with Crippen molar-refractivity contribution < 1.29 is 14.7 Å². The van der Waals surface area contributed by atoms with Gasteiger partial charge in [-0.15, -0.1) is 0 Å². The predicted molar refractivity (Wildman–Crippen MR) is 139 cm³/mol. The van der Waals surface area contributed by atoms with E-state index >= 15 is 0 Å². The Balaban J connectivity index is 0.000000497. The number of nitrogens with zero attached hydrogens (tertiary/aromatic N) is 1. The standard InChI is InChI=1S/C22H33N3O2.C4H10N2O/c1-6-25(7-2)14-16-8-10-17(11-9-16)24-22(23)19-12-18(15(3)4)21(27-5)13-20(19)26;5-3-7-6-4-1-2-4/h8-13,15,22,24,26H,6-7,14,23H2,1-5H3;4,6H,1-3,5H2. The molecule has 7 N–H and O–H groups in total. The number of phenols is 1. The maximum Gasteiger partial charge on any atom is 0.126 e. The highest BCUT2D eigenvalue weighted by atomic mass is 16.7. The summed E-state index contributed by atoms with van der Waals surface area (Å²) in [6, 6.07) is 12.4. The molecule has 3 rings (SSSR count). The minimum absolute atomic E-state index is 0.134. The average molecular weight is 474 g/mol. The SMILES string of the molecule is CCN(CC)Cc1ccc(NC(N)c2cc(C(C)C)c(OC)cc2O)cc1.NCONC1CC1. The molecule has 1 aliphatic carbocycles. The summed E-state index contributed by atoms with van der Waals surface area (Å²) < 4.78 is 5.38. The molecule has 0 aromatic heterocycles. The topological polar surface area (TPSA) is 118 Å². The third-order valence-electron chi connectivity index (χ3n) is 5.82. The molecule has 0 bridgehead atoms. The van der Waals surface area contributed by atoms with Gasteiger partial charge in [-0.3, -0.25) is 9.74 Å². The van der Waals surface area contributed by atoms with Gasteiger partial charge < -0.3 is 26.6 Å². The number of nitrogens with two attached hydrogens (primary N) is 2. The lowest BCUT2D eigenvalue weighted by molar-refractivity contribution is 0.0410. The Morgan fingerprint density at radius 1 is 1.09 bits per heavy atom. The van der Waals surface area contributed by atoms with Crippen LogP contribution in [0, 0.1) is 0 Å². The summed E-state index contributed by atoms with van der Waals surface area (Å²) in [5.74, 6) is 1.08. The molecule has 1 atom stereocenters. The third-order valence-corrected chi connectivity index (χ3v) is 5.82. The normalized spacial score (nSPS) is 14.0. The molecule has 1 fully saturated rings. The van der Waals surface area contributed by atoms with Crippen molar-refractivity contribution in [2.45, 2.75) is 65.2 Å². The summed E-state index contributed by atoms with van der Waals surface area (Å²) in [6.07, 6.45) is 1.96. The van der Waals surface area contributed by atoms with E-state index in [2.05, 4.69) is 60.4 Å². The summed E-state index contributed by atoms with van der Waals surface area (Å²) in [6.45, 7) is 11.8. The molecule has 8 nitrogen and oxygen atoms in total. The molecule has 1 saturated carbocycles. The van der Waals surface area contributed by atoms with Crippen LogP contribution in [-0.4, -0.2) is 43.0 Å². The van der Waals surface area contributed by atoms with E-state index in [9.17, 15) is 5.11 Å². The summed E-state index contributed by atoms with van der Waals surface area (Å²) in [5, 5.41) is 13.6. The van der Waals surface area contributed by atoms with Gasteiger partial charge in [-0.1, -0.05) is 39.8 Å². The van der Waals surface area contributed by atoms with Crippen molar-refractivity contribution in [1.82, 2.24) is 10.4 Å². The maximum atomic E-state index is 10.4. The molecule has 0 heterocycles. The zero-order chi connectivity index (χ0) is 25.1. The lowest BCUT2D eigenvalue weighted by atomic mass is 9.97. The average Bonchev–Trinajstić information content (AvgIpc) is 3.66. The highest BCUT2D eigenvalue weighted by Crippen LogP contribution is 2.35. The van der Waals surface area contributed by atoms with E-state index in [1.54, 1.807) is 13.2 Å². The highest BCUT2D eigenvalue weighted by molar-refractivity contribution is 5.52. The fourth-order valence-electron chi connectivity index (χ4n) is 3.52. The Morgan fingerprint density at radius 3 is 2.24 bits per heavy atom. The molecule has 34 heavy (non-hydrogen) atoms. The first-order valence-corrected chi connectivity index (χ1v) is 12.1. The molecule has 190 valence electrons. The molecule has 0 radical (unpaired) electrons. The van der Waals surface area contributed by atoms with E-state index in [0.29, 0.717) is 17.4 Å². The van der Waals surface area contributed by atoms with Crippen molar-refractivity contribution in [3.05, 3.63) is 53.1 Å². The quantitative estimate of drug-likeness (QED) is 0.232. The Morgan fingerprint density at radius 2 is 1.74 bits per heavy atom. The Bertz CT molecular complexity index is 852. The van der Waals surface area contributed by atoms with Crippen LogP contribution >= 0.6 is 0 Å². The van der Waals surface area contributed by atoms with Gasteiger partial charge in [0, 0.05) is 29.9 Å². The van der Waals surface area contributed by atoms with Crippen LogP contribution in [0.25, 0.3) is 0 Å². The van der Waals surface area contributed by atoms with Crippen molar-refractivity contribution in [1.29, 1.82) is 0 Å². The van der Waals surface area contributed by atoms with Gasteiger partial charge >= 0.3 is 0 Å². The summed E-state index contributed by atoms with van der Waals surface area (Å²) >= 11 is 0. The van der Waals surface area contributed by atoms with Crippen molar-refractivity contribution >= 4 is 5.69 Å². The van der Waals surface area contributed by atoms with Crippen LogP contribution in [0.1, 0.15) is 69.3 Å². The number of rotatable bonds is 12. The second kappa shape index (κ2) is 14.1. The molecule has 0 amide bonds. The second-order valence-corrected chi connectivity index (χ2v) is 8.79. The van der Waals surface area contributed by atoms with Gasteiger partial charge in [0.1, 0.15) is 24.4 Å². The monoisotopic (exact) mass is 473 g/mol. The van der Waals surface area contributed by atoms with Gasteiger partial charge in [0.25, 0.3) is 0 Å². The van der Waals surface area contributed by atoms with E-state index in [4.69, 9.17) is 16.2 Å². The zero-order valence-corrected chi connectivity index (χ0v) is 21.3. The second-order valence-electron chi connectivity index (χ2n) is 8.79. The van der Waals surface area contributed by atoms with E-state index in [0.717, 1.165) is 30.9 Å². The number of phenolic OH excluding ortho intramolecular Hbond substituents is 1. The number of anilines is 1. The molecule has 1 aliphatic rings. The first-order valence-electron chi connectivity index (χ1n) is 12.1. The number of nitrogens with one attached hydrogen (secondary N) is 2. The van der Waals surface area contributed by atoms with Crippen LogP contribution < -0.4 is 27.0 Å². The third kappa shape index (κ3) is 8.77. The van der Waals surface area contributed by atoms with Gasteiger partial charge in [0.2, 0.25) is 0 Å². The Labute approximate surface area is 204 Å². The first-order chi connectivity index (χ1) is 16.3. The number of hydrogen-bond donors (Lipinski definition) is 5. The minimum Gasteiger partial charge on any atom is -0.507 e. The number of hydroxylamine groups is 1. The zero-order valence-electron chi connectivity index (χ0n) is 21.3. The molecular weight excluding hydrogens is 430 g/mol. The van der Waals surface area contributed by atoms with Crippen LogP contribution in [0.4, 0.5) is 5.69 Å². The molecule has 0 saturated heterocycles. The molecule has 1 unspecified atom stereocenters. The van der Waals surface area contributed by atoms with E-state index in [1.165, 1.54) is 18.4 Å². The largest absolute Gasteiger partial charge is 0.507 e. The number of ether oxygens (including phenoxy) is 1. The van der Waals surface area contributed by atoms with E-state index in [1.807, 2.05) is 18.2 Å². The molecule has 8 heteroatoms. The van der Waals surface area contributed by atoms with E-state index in [-0.39, 0.29) is 18.4 Å². The minimum atomic E-state index is -0.512. The number of hydrogen-bond acceptors (Lipinski definition) is 8. The highest BCUT2D eigenvalue weighted by Gasteiger charge is 2.20. The summed E-state index contributed by atoms with van der Waals surface area (Å²) in [5.41, 5.74) is 18.0. The Hall–Kier alpha value is -2.36. The van der Waals surface area contributed by atoms with Crippen molar-refractivity contribution in [3.8, 4) is 11.5 Å². The van der Waals surface area contributed by atoms with Gasteiger partial charge in [0.05, 0.1) is 7.11 Å². The summed E-state index contributed by atoms with van der Waals surface area (Å²) in [4.78, 5) is 7.06. The molecule has 0 spiro atoms. The number of methoxy groups -OCH3 is 1. The molecule has 2 aromatic rings. The molecule has 2 aromatic carbocycles. The Kier molecular flexibility index (Phi) is 11.6. The van der Waals surface area contributed by atoms with Gasteiger partial charge in [-0.2, -0.15) is 5.48 Å². The molecular formula is C26H43N5O3. The van der Waals surface area contributed by atoms with Crippen LogP contribution in [0.5, 0.6) is 11.5 Å². The van der Waals surface area contributed by atoms with Crippen molar-refractivity contribution in [2.75, 3.05) is 32.2 Å². The van der Waals surface area contributed by atoms with Crippen LogP contribution in [0.15, 0.2) is 36.4 Å². The fourth-order valence-corrected chi connectivity index (χ4v) is 3.52.